The molecule has 0 bridgehead atoms. The lowest BCUT2D eigenvalue weighted by molar-refractivity contribution is -0.116. The highest BCUT2D eigenvalue weighted by Crippen LogP contribution is 2.26. The molecule has 1 aromatic carbocycles. The molecule has 1 heterocycles. The highest BCUT2D eigenvalue weighted by molar-refractivity contribution is 9.10. The first-order chi connectivity index (χ1) is 10.5. The number of carbonyl (C=O) groups is 2. The minimum atomic E-state index is -0.546. The van der Waals surface area contributed by atoms with Crippen LogP contribution in [0.1, 0.15) is 22.3 Å². The third-order valence-corrected chi connectivity index (χ3v) is 4.49. The topological polar surface area (TPSA) is 81.4 Å². The van der Waals surface area contributed by atoms with E-state index in [1.807, 2.05) is 18.2 Å². The van der Waals surface area contributed by atoms with E-state index in [0.717, 1.165) is 15.8 Å². The molecular weight excluding hydrogens is 368 g/mol. The molecule has 0 spiro atoms. The normalized spacial score (nSPS) is 10.3. The zero-order valence-electron chi connectivity index (χ0n) is 11.9. The van der Waals surface area contributed by atoms with Gasteiger partial charge < -0.3 is 15.8 Å². The largest absolute Gasteiger partial charge is 0.496 e. The van der Waals surface area contributed by atoms with Gasteiger partial charge in [0.2, 0.25) is 5.91 Å². The van der Waals surface area contributed by atoms with E-state index in [4.69, 9.17) is 10.5 Å². The molecular formula is C15H15BrN2O3S. The molecule has 0 atom stereocenters. The predicted molar refractivity (Wildman–Crippen MR) is 90.5 cm³/mol. The van der Waals surface area contributed by atoms with Crippen LogP contribution in [-0.2, 0) is 11.2 Å². The molecule has 0 fully saturated rings. The molecule has 5 nitrogen and oxygen atoms in total. The maximum Gasteiger partial charge on any atom is 0.251 e. The summed E-state index contributed by atoms with van der Waals surface area (Å²) >= 11 is 4.69. The number of amides is 2. The summed E-state index contributed by atoms with van der Waals surface area (Å²) in [4.78, 5) is 23.2. The molecule has 116 valence electrons. The molecule has 7 heteroatoms. The fraction of sp³-hybridized carbons (Fsp3) is 0.200. The molecule has 22 heavy (non-hydrogen) atoms. The monoisotopic (exact) mass is 382 g/mol. The number of nitrogens with two attached hydrogens (primary N) is 1. The van der Waals surface area contributed by atoms with Crippen LogP contribution in [0.2, 0.25) is 0 Å². The summed E-state index contributed by atoms with van der Waals surface area (Å²) in [5, 5.41) is 4.93. The number of rotatable bonds is 6. The van der Waals surface area contributed by atoms with E-state index in [9.17, 15) is 9.59 Å². The molecule has 0 aliphatic heterocycles. The number of hydrogen-bond donors (Lipinski definition) is 2. The number of thiophene rings is 1. The Hall–Kier alpha value is -1.86. The first-order valence-electron chi connectivity index (χ1n) is 6.51. The summed E-state index contributed by atoms with van der Waals surface area (Å²) in [6.45, 7) is 0. The molecule has 2 amide bonds. The van der Waals surface area contributed by atoms with E-state index < -0.39 is 5.91 Å². The van der Waals surface area contributed by atoms with Gasteiger partial charge >= 0.3 is 0 Å². The van der Waals surface area contributed by atoms with Crippen LogP contribution in [0, 0.1) is 0 Å². The second-order valence-electron chi connectivity index (χ2n) is 4.54. The van der Waals surface area contributed by atoms with Crippen LogP contribution >= 0.6 is 27.3 Å². The van der Waals surface area contributed by atoms with Crippen LogP contribution in [0.5, 0.6) is 5.75 Å². The van der Waals surface area contributed by atoms with E-state index in [1.54, 1.807) is 18.6 Å². The Kier molecular flexibility index (Phi) is 5.57. The second kappa shape index (κ2) is 7.42. The SMILES string of the molecule is COc1ccc(CCC(=O)Nc2sccc2C(N)=O)cc1Br. The van der Waals surface area contributed by atoms with Crippen LogP contribution < -0.4 is 15.8 Å². The first-order valence-corrected chi connectivity index (χ1v) is 8.18. The molecule has 0 unspecified atom stereocenters. The standard InChI is InChI=1S/C15H15BrN2O3S/c1-21-12-4-2-9(8-11(12)16)3-5-13(19)18-15-10(14(17)20)6-7-22-15/h2,4,6-8H,3,5H2,1H3,(H2,17,20)(H,18,19). The fourth-order valence-electron chi connectivity index (χ4n) is 1.91. The van der Waals surface area contributed by atoms with Crippen molar-refractivity contribution in [3.05, 3.63) is 45.2 Å². The molecule has 2 aromatic rings. The van der Waals surface area contributed by atoms with E-state index in [0.29, 0.717) is 23.4 Å². The third kappa shape index (κ3) is 4.08. The molecule has 2 rings (SSSR count). The van der Waals surface area contributed by atoms with Gasteiger partial charge in [-0.3, -0.25) is 9.59 Å². The van der Waals surface area contributed by atoms with Gasteiger partial charge in [0, 0.05) is 6.42 Å². The van der Waals surface area contributed by atoms with Crippen LogP contribution in [0.3, 0.4) is 0 Å². The molecule has 0 aliphatic rings. The Morgan fingerprint density at radius 1 is 1.36 bits per heavy atom. The van der Waals surface area contributed by atoms with Crippen LogP contribution in [0.15, 0.2) is 34.1 Å². The third-order valence-electron chi connectivity index (χ3n) is 3.04. The summed E-state index contributed by atoms with van der Waals surface area (Å²) in [7, 11) is 1.60. The lowest BCUT2D eigenvalue weighted by Crippen LogP contribution is -2.16. The summed E-state index contributed by atoms with van der Waals surface area (Å²) in [5.41, 5.74) is 6.60. The number of methoxy groups -OCH3 is 1. The van der Waals surface area contributed by atoms with Crippen molar-refractivity contribution in [3.8, 4) is 5.75 Å². The van der Waals surface area contributed by atoms with E-state index in [2.05, 4.69) is 21.2 Å². The highest BCUT2D eigenvalue weighted by atomic mass is 79.9. The molecule has 0 saturated heterocycles. The summed E-state index contributed by atoms with van der Waals surface area (Å²) < 4.78 is 6.01. The minimum absolute atomic E-state index is 0.156. The second-order valence-corrected chi connectivity index (χ2v) is 6.32. The average molecular weight is 383 g/mol. The van der Waals surface area contributed by atoms with Crippen molar-refractivity contribution in [2.24, 2.45) is 5.73 Å². The van der Waals surface area contributed by atoms with Crippen molar-refractivity contribution >= 4 is 44.1 Å². The Morgan fingerprint density at radius 3 is 2.77 bits per heavy atom. The number of carbonyl (C=O) groups excluding carboxylic acids is 2. The average Bonchev–Trinajstić information content (AvgIpc) is 2.93. The number of ether oxygens (including phenoxy) is 1. The van der Waals surface area contributed by atoms with E-state index in [1.165, 1.54) is 11.3 Å². The molecule has 0 radical (unpaired) electrons. The maximum atomic E-state index is 12.0. The minimum Gasteiger partial charge on any atom is -0.496 e. The summed E-state index contributed by atoms with van der Waals surface area (Å²) in [6, 6.07) is 7.29. The van der Waals surface area contributed by atoms with Crippen molar-refractivity contribution in [1.29, 1.82) is 0 Å². The Morgan fingerprint density at radius 2 is 2.14 bits per heavy atom. The maximum absolute atomic E-state index is 12.0. The van der Waals surface area contributed by atoms with Gasteiger partial charge in [-0.15, -0.1) is 11.3 Å². The summed E-state index contributed by atoms with van der Waals surface area (Å²) in [5.74, 6) is 0.0467. The summed E-state index contributed by atoms with van der Waals surface area (Å²) in [6.07, 6.45) is 0.903. The Labute approximate surface area is 140 Å². The number of nitrogens with one attached hydrogen (secondary N) is 1. The van der Waals surface area contributed by atoms with Gasteiger partial charge in [0.1, 0.15) is 10.8 Å². The zero-order valence-corrected chi connectivity index (χ0v) is 14.3. The molecule has 3 N–H and O–H groups in total. The van der Waals surface area contributed by atoms with Gasteiger partial charge in [-0.1, -0.05) is 6.07 Å². The molecule has 1 aromatic heterocycles. The fourth-order valence-corrected chi connectivity index (χ4v) is 3.31. The van der Waals surface area contributed by atoms with Gasteiger partial charge in [0.25, 0.3) is 5.91 Å². The number of aryl methyl sites for hydroxylation is 1. The number of benzene rings is 1. The number of hydrogen-bond acceptors (Lipinski definition) is 4. The van der Waals surface area contributed by atoms with Gasteiger partial charge in [-0.05, 0) is 51.5 Å². The van der Waals surface area contributed by atoms with E-state index in [-0.39, 0.29) is 5.91 Å². The van der Waals surface area contributed by atoms with Crippen molar-refractivity contribution in [2.45, 2.75) is 12.8 Å². The number of halogens is 1. The van der Waals surface area contributed by atoms with Gasteiger partial charge in [-0.25, -0.2) is 0 Å². The lowest BCUT2D eigenvalue weighted by Gasteiger charge is -2.07. The van der Waals surface area contributed by atoms with Gasteiger partial charge in [0.15, 0.2) is 0 Å². The van der Waals surface area contributed by atoms with Gasteiger partial charge in [0.05, 0.1) is 17.1 Å². The van der Waals surface area contributed by atoms with Crippen LogP contribution in [0.25, 0.3) is 0 Å². The predicted octanol–water partition coefficient (Wildman–Crippen LogP) is 3.19. The number of anilines is 1. The van der Waals surface area contributed by atoms with Crippen LogP contribution in [-0.4, -0.2) is 18.9 Å². The first kappa shape index (κ1) is 16.5. The van der Waals surface area contributed by atoms with Crippen molar-refractivity contribution in [2.75, 3.05) is 12.4 Å². The lowest BCUT2D eigenvalue weighted by atomic mass is 10.1. The Balaban J connectivity index is 1.94. The van der Waals surface area contributed by atoms with Gasteiger partial charge in [-0.2, -0.15) is 0 Å². The smallest absolute Gasteiger partial charge is 0.251 e. The van der Waals surface area contributed by atoms with Crippen LogP contribution in [0.4, 0.5) is 5.00 Å². The van der Waals surface area contributed by atoms with Crippen molar-refractivity contribution < 1.29 is 14.3 Å². The quantitative estimate of drug-likeness (QED) is 0.804. The van der Waals surface area contributed by atoms with Crippen molar-refractivity contribution in [3.63, 3.8) is 0 Å². The Bertz CT molecular complexity index is 700. The highest BCUT2D eigenvalue weighted by Gasteiger charge is 2.12. The molecule has 0 aliphatic carbocycles. The number of primary amides is 1. The van der Waals surface area contributed by atoms with Crippen molar-refractivity contribution in [1.82, 2.24) is 0 Å². The van der Waals surface area contributed by atoms with E-state index >= 15 is 0 Å². The molecule has 0 saturated carbocycles. The zero-order chi connectivity index (χ0) is 16.1.